The number of aromatic nitrogens is 1. The van der Waals surface area contributed by atoms with E-state index >= 15 is 0 Å². The maximum absolute atomic E-state index is 13.1. The van der Waals surface area contributed by atoms with Crippen molar-refractivity contribution in [2.45, 2.75) is 44.3 Å². The molecule has 5 aromatic rings. The zero-order valence-electron chi connectivity index (χ0n) is 29.4. The highest BCUT2D eigenvalue weighted by atomic mass is 35.5. The number of carbonyl (C=O) groups excluding carboxylic acids is 3. The first kappa shape index (κ1) is 34.1. The molecule has 0 bridgehead atoms. The van der Waals surface area contributed by atoms with Gasteiger partial charge in [0, 0.05) is 81.3 Å². The molecule has 2 aromatic heterocycles. The molecular formula is C40H38ClN7O6. The van der Waals surface area contributed by atoms with Gasteiger partial charge >= 0.3 is 0 Å². The van der Waals surface area contributed by atoms with Gasteiger partial charge in [0.1, 0.15) is 17.4 Å². The molecular weight excluding hydrogens is 710 g/mol. The van der Waals surface area contributed by atoms with Crippen LogP contribution < -0.4 is 31.0 Å². The molecule has 3 aromatic carbocycles. The maximum Gasteiger partial charge on any atom is 0.255 e. The van der Waals surface area contributed by atoms with E-state index < -0.39 is 6.04 Å². The van der Waals surface area contributed by atoms with Crippen LogP contribution in [0, 0.1) is 0 Å². The SMILES string of the molecule is Nc1nc2c(=O)c3c(Cl)cccc3oc2cc1Oc1ccc(N2CCN(C3CCN(c4ccc5c(c4)CN(C4CCC(=O)NC4=O)C5=O)CC3)CC2)cc1. The number of ether oxygens (including phenoxy) is 1. The van der Waals surface area contributed by atoms with Crippen LogP contribution in [0.3, 0.4) is 0 Å². The van der Waals surface area contributed by atoms with Crippen LogP contribution in [-0.2, 0) is 16.1 Å². The molecule has 1 unspecified atom stereocenters. The third-order valence-corrected chi connectivity index (χ3v) is 11.5. The van der Waals surface area contributed by atoms with Gasteiger partial charge in [0.05, 0.1) is 10.4 Å². The van der Waals surface area contributed by atoms with Crippen molar-refractivity contribution < 1.29 is 23.5 Å². The van der Waals surface area contributed by atoms with Gasteiger partial charge in [-0.25, -0.2) is 4.98 Å². The molecule has 14 heteroatoms. The van der Waals surface area contributed by atoms with E-state index in [0.29, 0.717) is 46.7 Å². The minimum Gasteiger partial charge on any atom is -0.454 e. The first-order valence-electron chi connectivity index (χ1n) is 18.3. The number of imide groups is 1. The van der Waals surface area contributed by atoms with Crippen molar-refractivity contribution in [1.29, 1.82) is 0 Å². The number of piperidine rings is 2. The molecule has 1 atom stereocenters. The lowest BCUT2D eigenvalue weighted by atomic mass is 10.0. The molecule has 4 aliphatic heterocycles. The average Bonchev–Trinajstić information content (AvgIpc) is 3.51. The van der Waals surface area contributed by atoms with Crippen LogP contribution in [0.1, 0.15) is 41.6 Å². The summed E-state index contributed by atoms with van der Waals surface area (Å²) in [4.78, 5) is 63.5. The van der Waals surface area contributed by atoms with Crippen LogP contribution >= 0.6 is 11.6 Å². The number of hydrogen-bond acceptors (Lipinski definition) is 11. The van der Waals surface area contributed by atoms with Crippen LogP contribution in [0.15, 0.2) is 75.9 Å². The molecule has 3 amide bonds. The van der Waals surface area contributed by atoms with Crippen molar-refractivity contribution in [1.82, 2.24) is 20.1 Å². The monoisotopic (exact) mass is 747 g/mol. The lowest BCUT2D eigenvalue weighted by Crippen LogP contribution is -2.53. The summed E-state index contributed by atoms with van der Waals surface area (Å²) in [6.45, 7) is 6.04. The number of fused-ring (bicyclic) bond motifs is 3. The van der Waals surface area contributed by atoms with Crippen molar-refractivity contribution in [3.8, 4) is 11.5 Å². The van der Waals surface area contributed by atoms with Gasteiger partial charge in [-0.3, -0.25) is 29.4 Å². The number of piperazine rings is 1. The zero-order valence-corrected chi connectivity index (χ0v) is 30.2. The highest BCUT2D eigenvalue weighted by Gasteiger charge is 2.39. The van der Waals surface area contributed by atoms with Crippen molar-refractivity contribution in [2.24, 2.45) is 0 Å². The van der Waals surface area contributed by atoms with Gasteiger partial charge in [-0.05, 0) is 79.4 Å². The van der Waals surface area contributed by atoms with Crippen LogP contribution in [-0.4, -0.2) is 83.9 Å². The van der Waals surface area contributed by atoms with Gasteiger partial charge < -0.3 is 29.6 Å². The van der Waals surface area contributed by atoms with E-state index in [0.717, 1.165) is 69.0 Å². The lowest BCUT2D eigenvalue weighted by molar-refractivity contribution is -0.136. The molecule has 0 saturated carbocycles. The van der Waals surface area contributed by atoms with Gasteiger partial charge in [0.2, 0.25) is 17.2 Å². The highest BCUT2D eigenvalue weighted by Crippen LogP contribution is 2.34. The van der Waals surface area contributed by atoms with Crippen molar-refractivity contribution in [2.75, 3.05) is 54.8 Å². The summed E-state index contributed by atoms with van der Waals surface area (Å²) in [5.74, 6) is 0.144. The van der Waals surface area contributed by atoms with Gasteiger partial charge in [-0.1, -0.05) is 17.7 Å². The van der Waals surface area contributed by atoms with E-state index in [4.69, 9.17) is 26.5 Å². The summed E-state index contributed by atoms with van der Waals surface area (Å²) in [5, 5.41) is 2.93. The number of halogens is 1. The Morgan fingerprint density at radius 1 is 0.833 bits per heavy atom. The number of carbonyl (C=O) groups is 3. The summed E-state index contributed by atoms with van der Waals surface area (Å²) < 4.78 is 12.0. The number of pyridine rings is 1. The van der Waals surface area contributed by atoms with Crippen molar-refractivity contribution in [3.63, 3.8) is 0 Å². The van der Waals surface area contributed by atoms with E-state index in [1.807, 2.05) is 36.4 Å². The minimum absolute atomic E-state index is 0.0781. The summed E-state index contributed by atoms with van der Waals surface area (Å²) in [5.41, 5.74) is 10.4. The number of benzene rings is 3. The Morgan fingerprint density at radius 3 is 2.33 bits per heavy atom. The van der Waals surface area contributed by atoms with Gasteiger partial charge in [-0.15, -0.1) is 0 Å². The smallest absolute Gasteiger partial charge is 0.255 e. The first-order chi connectivity index (χ1) is 26.2. The van der Waals surface area contributed by atoms with E-state index in [-0.39, 0.29) is 51.9 Å². The van der Waals surface area contributed by atoms with Crippen LogP contribution in [0.25, 0.3) is 22.1 Å². The Morgan fingerprint density at radius 2 is 1.57 bits per heavy atom. The third kappa shape index (κ3) is 6.16. The highest BCUT2D eigenvalue weighted by molar-refractivity contribution is 6.35. The van der Waals surface area contributed by atoms with Crippen LogP contribution in [0.4, 0.5) is 17.2 Å². The quantitative estimate of drug-likeness (QED) is 0.180. The summed E-state index contributed by atoms with van der Waals surface area (Å²) in [7, 11) is 0. The number of anilines is 3. The Hall–Kier alpha value is -5.66. The number of amides is 3. The largest absolute Gasteiger partial charge is 0.454 e. The summed E-state index contributed by atoms with van der Waals surface area (Å²) >= 11 is 6.25. The van der Waals surface area contributed by atoms with E-state index in [1.165, 1.54) is 0 Å². The standard InChI is InChI=1S/C40H38ClN7O6/c41-29-2-1-3-31-35(29)37(50)36-32(54-31)21-33(38(42)44-36)53-27-7-4-24(5-8-27)46-16-18-47(19-17-46)25-12-14-45(15-13-25)26-6-9-28-23(20-26)22-48(40(28)52)30-10-11-34(49)43-39(30)51/h1-9,20-21,25,30H,10-19,22H2,(H2,42,44)(H,43,49,51). The Balaban J connectivity index is 0.783. The van der Waals surface area contributed by atoms with Crippen LogP contribution in [0.5, 0.6) is 11.5 Å². The Kier molecular flexibility index (Phi) is 8.62. The molecule has 6 heterocycles. The van der Waals surface area contributed by atoms with E-state index in [2.05, 4.69) is 31.1 Å². The van der Waals surface area contributed by atoms with Gasteiger partial charge in [-0.2, -0.15) is 0 Å². The maximum atomic E-state index is 13.1. The first-order valence-corrected chi connectivity index (χ1v) is 18.7. The summed E-state index contributed by atoms with van der Waals surface area (Å²) in [6.07, 6.45) is 2.73. The predicted octanol–water partition coefficient (Wildman–Crippen LogP) is 4.92. The number of nitrogen functional groups attached to an aromatic ring is 1. The van der Waals surface area contributed by atoms with Gasteiger partial charge in [0.25, 0.3) is 5.91 Å². The molecule has 276 valence electrons. The Labute approximate surface area is 315 Å². The molecule has 0 radical (unpaired) electrons. The normalized spacial score (nSPS) is 19.8. The Bertz CT molecular complexity index is 2390. The predicted molar refractivity (Wildman–Crippen MR) is 205 cm³/mol. The van der Waals surface area contributed by atoms with Crippen molar-refractivity contribution >= 4 is 68.6 Å². The summed E-state index contributed by atoms with van der Waals surface area (Å²) in [6, 6.07) is 20.4. The fourth-order valence-corrected chi connectivity index (χ4v) is 8.56. The number of hydrogen-bond donors (Lipinski definition) is 2. The number of rotatable bonds is 6. The fraction of sp³-hybridized carbons (Fsp3) is 0.325. The molecule has 4 aliphatic rings. The zero-order chi connectivity index (χ0) is 37.1. The average molecular weight is 748 g/mol. The second-order valence-corrected chi connectivity index (χ2v) is 14.7. The van der Waals surface area contributed by atoms with E-state index in [1.54, 1.807) is 29.2 Å². The second-order valence-electron chi connectivity index (χ2n) is 14.3. The number of nitrogens with one attached hydrogen (secondary N) is 1. The van der Waals surface area contributed by atoms with Crippen LogP contribution in [0.2, 0.25) is 5.02 Å². The molecule has 3 saturated heterocycles. The molecule has 9 rings (SSSR count). The van der Waals surface area contributed by atoms with Gasteiger partial charge in [0.15, 0.2) is 22.7 Å². The number of nitrogens with zero attached hydrogens (tertiary/aromatic N) is 5. The second kappa shape index (κ2) is 13.6. The lowest BCUT2D eigenvalue weighted by Gasteiger charge is -2.44. The molecule has 3 N–H and O–H groups in total. The topological polar surface area (TPSA) is 155 Å². The third-order valence-electron chi connectivity index (χ3n) is 11.2. The minimum atomic E-state index is -0.606. The molecule has 13 nitrogen and oxygen atoms in total. The van der Waals surface area contributed by atoms with E-state index in [9.17, 15) is 19.2 Å². The molecule has 3 fully saturated rings. The molecule has 54 heavy (non-hydrogen) atoms. The fourth-order valence-electron chi connectivity index (χ4n) is 8.30. The number of nitrogens with two attached hydrogens (primary N) is 1. The molecule has 0 aliphatic carbocycles. The van der Waals surface area contributed by atoms with Crippen molar-refractivity contribution in [3.05, 3.63) is 93.1 Å². The molecule has 0 spiro atoms.